The van der Waals surface area contributed by atoms with Crippen LogP contribution in [0.3, 0.4) is 0 Å². The van der Waals surface area contributed by atoms with Crippen LogP contribution >= 0.6 is 11.8 Å². The number of rotatable bonds is 8. The zero-order valence-corrected chi connectivity index (χ0v) is 16.8. The number of hydrogen-bond acceptors (Lipinski definition) is 7. The lowest BCUT2D eigenvalue weighted by atomic mass is 10.0. The van der Waals surface area contributed by atoms with Crippen molar-refractivity contribution in [2.24, 2.45) is 0 Å². The Morgan fingerprint density at radius 3 is 2.67 bits per heavy atom. The second-order valence-electron chi connectivity index (χ2n) is 5.96. The maximum atomic E-state index is 12.8. The fourth-order valence-electron chi connectivity index (χ4n) is 2.87. The third kappa shape index (κ3) is 5.50. The fourth-order valence-corrected chi connectivity index (χ4v) is 3.20. The summed E-state index contributed by atoms with van der Waals surface area (Å²) in [4.78, 5) is 24.8. The van der Waals surface area contributed by atoms with Crippen molar-refractivity contribution >= 4 is 29.3 Å². The number of thioether (sulfide) groups is 1. The molecule has 8 nitrogen and oxygen atoms in total. The summed E-state index contributed by atoms with van der Waals surface area (Å²) in [5.41, 5.74) is 0.741. The van der Waals surface area contributed by atoms with E-state index in [0.717, 1.165) is 0 Å². The normalized spacial score (nSPS) is 19.3. The number of amides is 2. The predicted octanol–water partition coefficient (Wildman–Crippen LogP) is 1.54. The minimum Gasteiger partial charge on any atom is -0.493 e. The minimum absolute atomic E-state index is 0.154. The quantitative estimate of drug-likeness (QED) is 0.686. The first-order valence-corrected chi connectivity index (χ1v) is 9.89. The summed E-state index contributed by atoms with van der Waals surface area (Å²) in [6, 6.07) is 3.01. The highest BCUT2D eigenvalue weighted by Gasteiger charge is 2.28. The molecule has 2 atom stereocenters. The highest BCUT2D eigenvalue weighted by Crippen LogP contribution is 2.36. The van der Waals surface area contributed by atoms with Crippen LogP contribution in [0.5, 0.6) is 11.5 Å². The molecule has 0 radical (unpaired) electrons. The predicted molar refractivity (Wildman–Crippen MR) is 104 cm³/mol. The van der Waals surface area contributed by atoms with Gasteiger partial charge in [0.15, 0.2) is 11.5 Å². The van der Waals surface area contributed by atoms with Gasteiger partial charge in [0.1, 0.15) is 6.10 Å². The fraction of sp³-hybridized carbons (Fsp3) is 0.556. The molecule has 0 bridgehead atoms. The topological polar surface area (TPSA) is 95.1 Å². The lowest BCUT2D eigenvalue weighted by Crippen LogP contribution is -2.49. The van der Waals surface area contributed by atoms with Crippen LogP contribution in [0.25, 0.3) is 0 Å². The van der Waals surface area contributed by atoms with Gasteiger partial charge in [0.25, 0.3) is 5.91 Å². The Bertz CT molecular complexity index is 669. The molecule has 1 saturated heterocycles. The van der Waals surface area contributed by atoms with Crippen LogP contribution in [0.2, 0.25) is 0 Å². The summed E-state index contributed by atoms with van der Waals surface area (Å²) < 4.78 is 21.4. The van der Waals surface area contributed by atoms with Gasteiger partial charge in [-0.1, -0.05) is 0 Å². The molecular formula is C18H26N2O6S. The SMILES string of the molecule is COc1cc(C(=O)N[C@H]2CCOC[C@@H]2OC)cc(NC(=O)CSC)c1OC. The van der Waals surface area contributed by atoms with E-state index in [-0.39, 0.29) is 24.0 Å². The van der Waals surface area contributed by atoms with Crippen LogP contribution in [0.15, 0.2) is 12.1 Å². The molecule has 1 aliphatic heterocycles. The van der Waals surface area contributed by atoms with E-state index in [9.17, 15) is 9.59 Å². The Labute approximate surface area is 163 Å². The van der Waals surface area contributed by atoms with Gasteiger partial charge >= 0.3 is 0 Å². The van der Waals surface area contributed by atoms with E-state index in [1.807, 2.05) is 6.26 Å². The van der Waals surface area contributed by atoms with Gasteiger partial charge in [0.2, 0.25) is 5.91 Å². The lowest BCUT2D eigenvalue weighted by Gasteiger charge is -2.31. The van der Waals surface area contributed by atoms with Crippen molar-refractivity contribution in [2.75, 3.05) is 51.9 Å². The first kappa shape index (κ1) is 21.3. The Kier molecular flexibility index (Phi) is 8.21. The van der Waals surface area contributed by atoms with Crippen LogP contribution in [0, 0.1) is 0 Å². The van der Waals surface area contributed by atoms with E-state index < -0.39 is 0 Å². The molecule has 27 heavy (non-hydrogen) atoms. The van der Waals surface area contributed by atoms with E-state index in [4.69, 9.17) is 18.9 Å². The van der Waals surface area contributed by atoms with Crippen molar-refractivity contribution in [1.29, 1.82) is 0 Å². The first-order chi connectivity index (χ1) is 13.0. The highest BCUT2D eigenvalue weighted by atomic mass is 32.2. The molecule has 0 unspecified atom stereocenters. The summed E-state index contributed by atoms with van der Waals surface area (Å²) in [7, 11) is 4.55. The van der Waals surface area contributed by atoms with Crippen LogP contribution in [-0.2, 0) is 14.3 Å². The molecule has 1 aromatic rings. The zero-order chi connectivity index (χ0) is 19.8. The summed E-state index contributed by atoms with van der Waals surface area (Å²) in [6.45, 7) is 0.996. The van der Waals surface area contributed by atoms with Crippen LogP contribution in [0.4, 0.5) is 5.69 Å². The molecule has 1 aliphatic rings. The molecule has 0 aliphatic carbocycles. The number of nitrogens with one attached hydrogen (secondary N) is 2. The summed E-state index contributed by atoms with van der Waals surface area (Å²) in [5.74, 6) is 0.540. The molecule has 9 heteroatoms. The van der Waals surface area contributed by atoms with Crippen molar-refractivity contribution in [3.63, 3.8) is 0 Å². The van der Waals surface area contributed by atoms with Gasteiger partial charge in [-0.3, -0.25) is 9.59 Å². The van der Waals surface area contributed by atoms with E-state index in [1.165, 1.54) is 26.0 Å². The molecule has 2 rings (SSSR count). The molecular weight excluding hydrogens is 372 g/mol. The number of benzene rings is 1. The van der Waals surface area contributed by atoms with Crippen molar-refractivity contribution in [1.82, 2.24) is 5.32 Å². The van der Waals surface area contributed by atoms with Gasteiger partial charge in [-0.2, -0.15) is 11.8 Å². The number of ether oxygens (including phenoxy) is 4. The van der Waals surface area contributed by atoms with Gasteiger partial charge in [-0.05, 0) is 24.8 Å². The Morgan fingerprint density at radius 1 is 1.26 bits per heavy atom. The average molecular weight is 398 g/mol. The average Bonchev–Trinajstić information content (AvgIpc) is 2.67. The molecule has 0 saturated carbocycles. The number of carbonyl (C=O) groups is 2. The highest BCUT2D eigenvalue weighted by molar-refractivity contribution is 7.99. The molecule has 2 N–H and O–H groups in total. The van der Waals surface area contributed by atoms with E-state index >= 15 is 0 Å². The number of anilines is 1. The molecule has 1 fully saturated rings. The molecule has 0 aromatic heterocycles. The second kappa shape index (κ2) is 10.4. The molecule has 1 aromatic carbocycles. The van der Waals surface area contributed by atoms with Gasteiger partial charge in [-0.25, -0.2) is 0 Å². The molecule has 150 valence electrons. The Hall–Kier alpha value is -1.97. The third-order valence-corrected chi connectivity index (χ3v) is 4.76. The number of carbonyl (C=O) groups excluding carboxylic acids is 2. The van der Waals surface area contributed by atoms with Crippen LogP contribution in [-0.4, -0.2) is 70.5 Å². The maximum absolute atomic E-state index is 12.8. The number of methoxy groups -OCH3 is 3. The third-order valence-electron chi connectivity index (χ3n) is 4.21. The second-order valence-corrected chi connectivity index (χ2v) is 6.82. The molecule has 0 spiro atoms. The summed E-state index contributed by atoms with van der Waals surface area (Å²) in [6.07, 6.45) is 2.29. The maximum Gasteiger partial charge on any atom is 0.251 e. The van der Waals surface area contributed by atoms with Gasteiger partial charge in [0, 0.05) is 19.3 Å². The van der Waals surface area contributed by atoms with Crippen molar-refractivity contribution in [3.8, 4) is 11.5 Å². The molecule has 1 heterocycles. The Morgan fingerprint density at radius 2 is 2.04 bits per heavy atom. The number of hydrogen-bond donors (Lipinski definition) is 2. The van der Waals surface area contributed by atoms with Gasteiger partial charge in [-0.15, -0.1) is 0 Å². The van der Waals surface area contributed by atoms with Gasteiger partial charge < -0.3 is 29.6 Å². The van der Waals surface area contributed by atoms with Crippen molar-refractivity contribution < 1.29 is 28.5 Å². The van der Waals surface area contributed by atoms with Gasteiger partial charge in [0.05, 0.1) is 38.3 Å². The van der Waals surface area contributed by atoms with Crippen molar-refractivity contribution in [2.45, 2.75) is 18.6 Å². The first-order valence-electron chi connectivity index (χ1n) is 8.50. The van der Waals surface area contributed by atoms with Crippen molar-refractivity contribution in [3.05, 3.63) is 17.7 Å². The Balaban J connectivity index is 2.26. The van der Waals surface area contributed by atoms with Crippen LogP contribution < -0.4 is 20.1 Å². The lowest BCUT2D eigenvalue weighted by molar-refractivity contribution is -0.113. The smallest absolute Gasteiger partial charge is 0.251 e. The minimum atomic E-state index is -0.287. The largest absolute Gasteiger partial charge is 0.493 e. The van der Waals surface area contributed by atoms with E-state index in [2.05, 4.69) is 10.6 Å². The van der Waals surface area contributed by atoms with E-state index in [0.29, 0.717) is 48.1 Å². The van der Waals surface area contributed by atoms with E-state index in [1.54, 1.807) is 19.2 Å². The zero-order valence-electron chi connectivity index (χ0n) is 16.0. The monoisotopic (exact) mass is 398 g/mol. The summed E-state index contributed by atoms with van der Waals surface area (Å²) in [5, 5.41) is 5.74. The van der Waals surface area contributed by atoms with Crippen LogP contribution in [0.1, 0.15) is 16.8 Å². The standard InChI is InChI=1S/C18H26N2O6S/c1-23-14-8-11(7-13(17(14)25-3)19-16(21)10-27-4)18(22)20-12-5-6-26-9-15(12)24-2/h7-8,12,15H,5-6,9-10H2,1-4H3,(H,19,21)(H,20,22)/t12-,15-/m0/s1. The molecule has 2 amide bonds. The summed E-state index contributed by atoms with van der Waals surface area (Å²) >= 11 is 1.40.